The van der Waals surface area contributed by atoms with E-state index in [4.69, 9.17) is 27.6 Å². The van der Waals surface area contributed by atoms with Crippen LogP contribution in [-0.4, -0.2) is 37.1 Å². The summed E-state index contributed by atoms with van der Waals surface area (Å²) in [5, 5.41) is 14.6. The number of carbonyl (C=O) groups is 1. The molecule has 2 N–H and O–H groups in total. The average Bonchev–Trinajstić information content (AvgIpc) is 3.34. The van der Waals surface area contributed by atoms with E-state index in [1.54, 1.807) is 49.3 Å². The lowest BCUT2D eigenvalue weighted by atomic mass is 9.97. The first-order valence-corrected chi connectivity index (χ1v) is 15.4. The number of allylic oxidation sites excluding steroid dienone is 3. The molecule has 2 atom stereocenters. The monoisotopic (exact) mass is 589 g/mol. The van der Waals surface area contributed by atoms with Gasteiger partial charge < -0.3 is 14.1 Å². The van der Waals surface area contributed by atoms with Gasteiger partial charge in [0.2, 0.25) is 10.3 Å². The van der Waals surface area contributed by atoms with Crippen molar-refractivity contribution in [3.8, 4) is 11.6 Å². The Hall–Kier alpha value is -3.05. The molecule has 0 saturated heterocycles. The Balaban J connectivity index is 1.48. The Morgan fingerprint density at radius 1 is 1.21 bits per heavy atom. The maximum Gasteiger partial charge on any atom is 0.321 e. The topological polar surface area (TPSA) is 114 Å². The highest BCUT2D eigenvalue weighted by Gasteiger charge is 2.22. The number of rotatable bonds is 7. The fourth-order valence-corrected chi connectivity index (χ4v) is 6.22. The fourth-order valence-electron chi connectivity index (χ4n) is 3.91. The molecule has 2 aromatic carbocycles. The van der Waals surface area contributed by atoms with Gasteiger partial charge in [-0.25, -0.2) is 0 Å². The van der Waals surface area contributed by atoms with Gasteiger partial charge in [0.15, 0.2) is 7.14 Å². The second-order valence-corrected chi connectivity index (χ2v) is 13.2. The number of fused-ring (bicyclic) bond motifs is 1. The lowest BCUT2D eigenvalue weighted by Gasteiger charge is -2.18. The minimum Gasteiger partial charge on any atom is -0.480 e. The summed E-state index contributed by atoms with van der Waals surface area (Å²) in [5.74, 6) is 1.80. The van der Waals surface area contributed by atoms with Crippen LogP contribution in [-0.2, 0) is 26.2 Å². The summed E-state index contributed by atoms with van der Waals surface area (Å²) < 4.78 is 41.1. The lowest BCUT2D eigenvalue weighted by molar-refractivity contribution is -0.139. The van der Waals surface area contributed by atoms with Crippen molar-refractivity contribution in [1.82, 2.24) is 5.32 Å². The van der Waals surface area contributed by atoms with Crippen LogP contribution in [0.15, 0.2) is 70.9 Å². The molecule has 1 aromatic heterocycles. The third-order valence-electron chi connectivity index (χ3n) is 6.01. The Morgan fingerprint density at radius 3 is 2.63 bits per heavy atom. The molecule has 196 valence electrons. The molecule has 1 aliphatic carbocycles. The minimum absolute atomic E-state index is 0.0605. The summed E-state index contributed by atoms with van der Waals surface area (Å²) in [7, 11) is -5.39. The van der Waals surface area contributed by atoms with Crippen molar-refractivity contribution in [2.75, 3.05) is 6.66 Å². The van der Waals surface area contributed by atoms with Crippen molar-refractivity contribution < 1.29 is 27.3 Å². The predicted octanol–water partition coefficient (Wildman–Crippen LogP) is 5.24. The molecule has 0 spiro atoms. The van der Waals surface area contributed by atoms with Crippen molar-refractivity contribution in [3.05, 3.63) is 87.6 Å². The second-order valence-electron chi connectivity index (χ2n) is 8.76. The molecule has 11 heteroatoms. The van der Waals surface area contributed by atoms with Crippen molar-refractivity contribution in [2.45, 2.75) is 25.4 Å². The van der Waals surface area contributed by atoms with Crippen LogP contribution in [0.25, 0.3) is 11.0 Å². The van der Waals surface area contributed by atoms with Crippen LogP contribution in [0.3, 0.4) is 0 Å². The fraction of sp³-hybridized carbons (Fsp3) is 0.185. The van der Waals surface area contributed by atoms with Gasteiger partial charge in [-0.15, -0.1) is 0 Å². The average molecular weight is 590 g/mol. The Morgan fingerprint density at radius 2 is 1.95 bits per heavy atom. The van der Waals surface area contributed by atoms with Gasteiger partial charge in [0.05, 0.1) is 11.1 Å². The first-order chi connectivity index (χ1) is 18.0. The molecule has 0 fully saturated rings. The number of nitrogens with one attached hydrogen (secondary N) is 1. The molecule has 38 heavy (non-hydrogen) atoms. The summed E-state index contributed by atoms with van der Waals surface area (Å²) in [5.41, 5.74) is 5.09. The summed E-state index contributed by atoms with van der Waals surface area (Å²) in [6.45, 7) is 1.63. The first-order valence-electron chi connectivity index (χ1n) is 11.4. The second kappa shape index (κ2) is 11.8. The van der Waals surface area contributed by atoms with Crippen LogP contribution < -0.4 is 10.6 Å². The van der Waals surface area contributed by atoms with Crippen LogP contribution in [0.5, 0.6) is 0 Å². The number of hydrogen-bond acceptors (Lipinski definition) is 6. The zero-order valence-electron chi connectivity index (χ0n) is 20.1. The molecule has 7 nitrogen and oxygen atoms in total. The summed E-state index contributed by atoms with van der Waals surface area (Å²) in [4.78, 5) is 12.0. The number of furan rings is 1. The van der Waals surface area contributed by atoms with E-state index in [1.807, 2.05) is 12.1 Å². The van der Waals surface area contributed by atoms with E-state index in [9.17, 15) is 22.9 Å². The van der Waals surface area contributed by atoms with E-state index in [-0.39, 0.29) is 34.3 Å². The Labute approximate surface area is 231 Å². The molecule has 1 aliphatic rings. The van der Waals surface area contributed by atoms with Crippen molar-refractivity contribution >= 4 is 67.7 Å². The largest absolute Gasteiger partial charge is 0.480 e. The normalized spacial score (nSPS) is 15.3. The van der Waals surface area contributed by atoms with E-state index in [0.717, 1.165) is 5.39 Å². The van der Waals surface area contributed by atoms with Crippen LogP contribution in [0.4, 0.5) is 0 Å². The van der Waals surface area contributed by atoms with Crippen molar-refractivity contribution in [2.24, 2.45) is 0 Å². The zero-order chi connectivity index (χ0) is 27.4. The van der Waals surface area contributed by atoms with Crippen LogP contribution in [0, 0.1) is 11.6 Å². The third kappa shape index (κ3) is 6.68. The summed E-state index contributed by atoms with van der Waals surface area (Å²) >= 11 is 12.9. The molecular weight excluding hydrogens is 568 g/mol. The van der Waals surface area contributed by atoms with Crippen molar-refractivity contribution in [3.63, 3.8) is 0 Å². The van der Waals surface area contributed by atoms with Crippen LogP contribution in [0.2, 0.25) is 10.0 Å². The SMILES string of the molecule is CP(=O)(C#Cc1cc(Cl)c(CN[C@@H](CC2=CC=CC(=S(=O)=O)C2)C(=O)O)c(Cl)c1)c1ccc2ccoc2c1. The molecule has 0 amide bonds. The van der Waals surface area contributed by atoms with E-state index in [0.29, 0.717) is 27.6 Å². The molecule has 3 aromatic rings. The maximum absolute atomic E-state index is 13.3. The number of carboxylic acids is 1. The standard InChI is InChI=1S/C27H22Cl2NO6PS/c1-37(33,20-6-5-19-7-9-36-26(19)15-20)10-8-18-12-23(28)22(24(29)13-18)16-30-25(27(31)32)14-17-3-2-4-21(11-17)38(34)35/h2-7,9,12-13,15,25,30H,11,14,16H2,1H3,(H,31,32)/t25-,37?/m0/s1. The number of carboxylic acid groups (broad SMARTS) is 1. The van der Waals surface area contributed by atoms with Crippen LogP contribution >= 0.6 is 30.3 Å². The molecule has 4 rings (SSSR count). The predicted molar refractivity (Wildman–Crippen MR) is 151 cm³/mol. The maximum atomic E-state index is 13.3. The van der Waals surface area contributed by atoms with Gasteiger partial charge in [0.25, 0.3) is 0 Å². The van der Waals surface area contributed by atoms with Gasteiger partial charge in [-0.1, -0.05) is 52.9 Å². The molecule has 0 aliphatic heterocycles. The quantitative estimate of drug-likeness (QED) is 0.220. The molecule has 1 unspecified atom stereocenters. The highest BCUT2D eigenvalue weighted by molar-refractivity contribution is 7.75. The lowest BCUT2D eigenvalue weighted by Crippen LogP contribution is -2.37. The first kappa shape index (κ1) is 28.0. The molecule has 0 bridgehead atoms. The highest BCUT2D eigenvalue weighted by Crippen LogP contribution is 2.39. The van der Waals surface area contributed by atoms with E-state index in [2.05, 4.69) is 16.9 Å². The van der Waals surface area contributed by atoms with Crippen molar-refractivity contribution in [1.29, 1.82) is 0 Å². The minimum atomic E-state index is -3.03. The smallest absolute Gasteiger partial charge is 0.321 e. The summed E-state index contributed by atoms with van der Waals surface area (Å²) in [6.07, 6.45) is 6.60. The van der Waals surface area contributed by atoms with Gasteiger partial charge in [-0.05, 0) is 48.5 Å². The van der Waals surface area contributed by atoms with E-state index in [1.165, 1.54) is 6.08 Å². The van der Waals surface area contributed by atoms with E-state index >= 15 is 0 Å². The number of halogens is 2. The zero-order valence-corrected chi connectivity index (χ0v) is 23.3. The van der Waals surface area contributed by atoms with Gasteiger partial charge >= 0.3 is 5.97 Å². The number of benzene rings is 2. The Kier molecular flexibility index (Phi) is 8.67. The Bertz CT molecular complexity index is 1710. The molecule has 0 radical (unpaired) electrons. The molecule has 1 heterocycles. The third-order valence-corrected chi connectivity index (χ3v) is 9.19. The van der Waals surface area contributed by atoms with Gasteiger partial charge in [-0.2, -0.15) is 8.42 Å². The van der Waals surface area contributed by atoms with Gasteiger partial charge in [0.1, 0.15) is 11.6 Å². The van der Waals surface area contributed by atoms with E-state index < -0.39 is 29.4 Å². The number of hydrogen-bond donors (Lipinski definition) is 2. The van der Waals surface area contributed by atoms with Crippen LogP contribution in [0.1, 0.15) is 24.0 Å². The summed E-state index contributed by atoms with van der Waals surface area (Å²) in [6, 6.07) is 9.32. The molecule has 0 saturated carbocycles. The van der Waals surface area contributed by atoms with Gasteiger partial charge in [0, 0.05) is 51.5 Å². The van der Waals surface area contributed by atoms with Gasteiger partial charge in [-0.3, -0.25) is 10.1 Å². The highest BCUT2D eigenvalue weighted by atomic mass is 35.5. The molecular formula is C27H22Cl2NO6PS. The number of aliphatic carboxylic acids is 1.